The second-order valence-electron chi connectivity index (χ2n) is 7.21. The van der Waals surface area contributed by atoms with E-state index in [1.54, 1.807) is 12.6 Å². The molecule has 3 rings (SSSR count). The molecule has 1 aromatic carbocycles. The summed E-state index contributed by atoms with van der Waals surface area (Å²) in [6, 6.07) is 9.96. The standard InChI is InChI=1S/C20H28N4O2S/c1-14(2)20-17(5-4-10-26-20)24-19-11-18(22-13-23-19)21-12-15-6-8-16(9-7-15)27(3)25/h6-9,11,13-14,17,20H,4-5,10,12H2,1-3H3,(H2,21,22,23,24)/t17-,20+,27+/m1/s1. The summed E-state index contributed by atoms with van der Waals surface area (Å²) in [5, 5.41) is 6.84. The highest BCUT2D eigenvalue weighted by Crippen LogP contribution is 2.24. The third kappa shape index (κ3) is 5.49. The number of aromatic nitrogens is 2. The van der Waals surface area contributed by atoms with Crippen molar-refractivity contribution in [3.05, 3.63) is 42.2 Å². The Morgan fingerprint density at radius 3 is 2.67 bits per heavy atom. The van der Waals surface area contributed by atoms with E-state index in [2.05, 4.69) is 34.4 Å². The number of nitrogens with zero attached hydrogens (tertiary/aromatic N) is 2. The molecule has 0 aliphatic carbocycles. The predicted octanol–water partition coefficient (Wildman–Crippen LogP) is 3.44. The quantitative estimate of drug-likeness (QED) is 0.757. The molecule has 1 aliphatic rings. The summed E-state index contributed by atoms with van der Waals surface area (Å²) in [4.78, 5) is 9.50. The molecule has 7 heteroatoms. The fourth-order valence-corrected chi connectivity index (χ4v) is 3.85. The van der Waals surface area contributed by atoms with Gasteiger partial charge in [0, 0.05) is 41.2 Å². The van der Waals surface area contributed by atoms with Crippen LogP contribution in [0.5, 0.6) is 0 Å². The van der Waals surface area contributed by atoms with Gasteiger partial charge in [0.1, 0.15) is 18.0 Å². The minimum atomic E-state index is -0.950. The van der Waals surface area contributed by atoms with Crippen molar-refractivity contribution in [1.29, 1.82) is 0 Å². The van der Waals surface area contributed by atoms with Crippen molar-refractivity contribution in [3.63, 3.8) is 0 Å². The summed E-state index contributed by atoms with van der Waals surface area (Å²) in [7, 11) is -0.950. The molecule has 0 bridgehead atoms. The van der Waals surface area contributed by atoms with Gasteiger partial charge in [-0.05, 0) is 36.5 Å². The molecular weight excluding hydrogens is 360 g/mol. The molecule has 2 heterocycles. The average Bonchev–Trinajstić information content (AvgIpc) is 2.67. The molecule has 0 saturated carbocycles. The highest BCUT2D eigenvalue weighted by Gasteiger charge is 2.28. The highest BCUT2D eigenvalue weighted by molar-refractivity contribution is 7.84. The van der Waals surface area contributed by atoms with E-state index in [1.807, 2.05) is 30.3 Å². The topological polar surface area (TPSA) is 76.1 Å². The molecule has 0 spiro atoms. The molecule has 1 fully saturated rings. The van der Waals surface area contributed by atoms with Gasteiger partial charge in [0.2, 0.25) is 0 Å². The lowest BCUT2D eigenvalue weighted by atomic mass is 9.94. The molecule has 146 valence electrons. The van der Waals surface area contributed by atoms with Gasteiger partial charge in [0.05, 0.1) is 12.1 Å². The summed E-state index contributed by atoms with van der Waals surface area (Å²) in [6.45, 7) is 5.87. The first-order valence-corrected chi connectivity index (χ1v) is 10.9. The second-order valence-corrected chi connectivity index (χ2v) is 8.59. The van der Waals surface area contributed by atoms with Gasteiger partial charge in [-0.15, -0.1) is 0 Å². The summed E-state index contributed by atoms with van der Waals surface area (Å²) in [5.41, 5.74) is 1.11. The van der Waals surface area contributed by atoms with Crippen molar-refractivity contribution in [1.82, 2.24) is 9.97 Å². The molecule has 1 aliphatic heterocycles. The Morgan fingerprint density at radius 2 is 1.96 bits per heavy atom. The van der Waals surface area contributed by atoms with E-state index in [1.165, 1.54) is 0 Å². The summed E-state index contributed by atoms with van der Waals surface area (Å²) >= 11 is 0. The van der Waals surface area contributed by atoms with Crippen LogP contribution >= 0.6 is 0 Å². The Balaban J connectivity index is 1.60. The largest absolute Gasteiger partial charge is 0.376 e. The predicted molar refractivity (Wildman–Crippen MR) is 109 cm³/mol. The fourth-order valence-electron chi connectivity index (χ4n) is 3.33. The molecule has 2 aromatic rings. The van der Waals surface area contributed by atoms with Crippen LogP contribution in [0.15, 0.2) is 41.6 Å². The smallest absolute Gasteiger partial charge is 0.131 e. The first kappa shape index (κ1) is 19.8. The van der Waals surface area contributed by atoms with Crippen LogP contribution in [0.4, 0.5) is 11.6 Å². The molecule has 0 radical (unpaired) electrons. The van der Waals surface area contributed by atoms with Crippen molar-refractivity contribution in [2.24, 2.45) is 5.92 Å². The van der Waals surface area contributed by atoms with Gasteiger partial charge in [-0.2, -0.15) is 0 Å². The van der Waals surface area contributed by atoms with Crippen LogP contribution in [-0.2, 0) is 22.1 Å². The van der Waals surface area contributed by atoms with E-state index >= 15 is 0 Å². The van der Waals surface area contributed by atoms with Gasteiger partial charge in [-0.3, -0.25) is 4.21 Å². The Labute approximate surface area is 163 Å². The van der Waals surface area contributed by atoms with Gasteiger partial charge in [-0.1, -0.05) is 26.0 Å². The first-order chi connectivity index (χ1) is 13.0. The molecule has 3 atom stereocenters. The Kier molecular flexibility index (Phi) is 6.79. The number of nitrogens with one attached hydrogen (secondary N) is 2. The summed E-state index contributed by atoms with van der Waals surface area (Å²) in [6.07, 6.45) is 5.61. The van der Waals surface area contributed by atoms with Crippen molar-refractivity contribution in [3.8, 4) is 0 Å². The SMILES string of the molecule is CC(C)[C@@H]1OCCC[C@H]1Nc1cc(NCc2ccc([S@](C)=O)cc2)ncn1. The lowest BCUT2D eigenvalue weighted by molar-refractivity contribution is -0.0203. The molecule has 0 unspecified atom stereocenters. The van der Waals surface area contributed by atoms with Crippen molar-refractivity contribution in [2.45, 2.75) is 50.3 Å². The highest BCUT2D eigenvalue weighted by atomic mass is 32.2. The fraction of sp³-hybridized carbons (Fsp3) is 0.500. The van der Waals surface area contributed by atoms with Crippen LogP contribution in [0.1, 0.15) is 32.3 Å². The monoisotopic (exact) mass is 388 g/mol. The van der Waals surface area contributed by atoms with Crippen molar-refractivity contribution < 1.29 is 8.95 Å². The van der Waals surface area contributed by atoms with Crippen LogP contribution in [0.2, 0.25) is 0 Å². The number of ether oxygens (including phenoxy) is 1. The van der Waals surface area contributed by atoms with Crippen LogP contribution < -0.4 is 10.6 Å². The van der Waals surface area contributed by atoms with Crippen molar-refractivity contribution in [2.75, 3.05) is 23.5 Å². The third-order valence-corrected chi connectivity index (χ3v) is 5.69. The van der Waals surface area contributed by atoms with Crippen molar-refractivity contribution >= 4 is 22.4 Å². The van der Waals surface area contributed by atoms with E-state index < -0.39 is 10.8 Å². The number of hydrogen-bond donors (Lipinski definition) is 2. The molecule has 6 nitrogen and oxygen atoms in total. The third-order valence-electron chi connectivity index (χ3n) is 4.75. The number of benzene rings is 1. The molecule has 1 saturated heterocycles. The van der Waals surface area contributed by atoms with E-state index in [0.29, 0.717) is 12.5 Å². The van der Waals surface area contributed by atoms with Gasteiger partial charge < -0.3 is 15.4 Å². The average molecular weight is 389 g/mol. The maximum Gasteiger partial charge on any atom is 0.131 e. The number of hydrogen-bond acceptors (Lipinski definition) is 6. The minimum absolute atomic E-state index is 0.202. The zero-order chi connectivity index (χ0) is 19.2. The molecular formula is C20H28N4O2S. The Bertz CT molecular complexity index is 767. The number of rotatable bonds is 7. The normalized spacial score (nSPS) is 21.0. The van der Waals surface area contributed by atoms with E-state index in [4.69, 9.17) is 4.74 Å². The maximum atomic E-state index is 11.5. The molecule has 2 N–H and O–H groups in total. The van der Waals surface area contributed by atoms with E-state index in [-0.39, 0.29) is 12.1 Å². The zero-order valence-electron chi connectivity index (χ0n) is 16.1. The van der Waals surface area contributed by atoms with E-state index in [0.717, 1.165) is 41.5 Å². The number of anilines is 2. The van der Waals surface area contributed by atoms with E-state index in [9.17, 15) is 4.21 Å². The van der Waals surface area contributed by atoms with Gasteiger partial charge in [-0.25, -0.2) is 9.97 Å². The van der Waals surface area contributed by atoms with Crippen LogP contribution in [0.25, 0.3) is 0 Å². The van der Waals surface area contributed by atoms with Crippen LogP contribution in [0, 0.1) is 5.92 Å². The summed E-state index contributed by atoms with van der Waals surface area (Å²) < 4.78 is 17.4. The first-order valence-electron chi connectivity index (χ1n) is 9.39. The lowest BCUT2D eigenvalue weighted by Gasteiger charge is -2.35. The lowest BCUT2D eigenvalue weighted by Crippen LogP contribution is -2.43. The van der Waals surface area contributed by atoms with Crippen LogP contribution in [0.3, 0.4) is 0 Å². The zero-order valence-corrected chi connectivity index (χ0v) is 17.0. The molecule has 0 amide bonds. The molecule has 1 aromatic heterocycles. The maximum absolute atomic E-state index is 11.5. The van der Waals surface area contributed by atoms with Gasteiger partial charge >= 0.3 is 0 Å². The summed E-state index contributed by atoms with van der Waals surface area (Å²) in [5.74, 6) is 2.04. The van der Waals surface area contributed by atoms with Crippen LogP contribution in [-0.4, -0.2) is 39.2 Å². The molecule has 27 heavy (non-hydrogen) atoms. The second kappa shape index (κ2) is 9.28. The Hall–Kier alpha value is -1.99. The Morgan fingerprint density at radius 1 is 1.22 bits per heavy atom. The minimum Gasteiger partial charge on any atom is -0.376 e. The van der Waals surface area contributed by atoms with Gasteiger partial charge in [0.25, 0.3) is 0 Å². The van der Waals surface area contributed by atoms with Gasteiger partial charge in [0.15, 0.2) is 0 Å².